The number of thioether (sulfide) groups is 1. The average Bonchev–Trinajstić information content (AvgIpc) is 2.33. The number of hydrogen-bond donors (Lipinski definition) is 2. The topological polar surface area (TPSA) is 49.3 Å². The molecule has 0 saturated heterocycles. The largest absolute Gasteiger partial charge is 0.396 e. The molecule has 6 heteroatoms. The van der Waals surface area contributed by atoms with E-state index in [9.17, 15) is 9.18 Å². The van der Waals surface area contributed by atoms with Crippen molar-refractivity contribution >= 4 is 29.3 Å². The molecule has 0 aromatic heterocycles. The molecule has 0 aliphatic heterocycles. The second kappa shape index (κ2) is 7.61. The number of rotatable bonds is 6. The highest BCUT2D eigenvalue weighted by atomic mass is 35.5. The molecule has 0 aliphatic rings. The maximum absolute atomic E-state index is 13.6. The molecule has 2 N–H and O–H groups in total. The Bertz CT molecular complexity index is 411. The fourth-order valence-electron chi connectivity index (χ4n) is 1.50. The van der Waals surface area contributed by atoms with E-state index in [1.165, 1.54) is 18.2 Å². The van der Waals surface area contributed by atoms with E-state index in [0.29, 0.717) is 12.2 Å². The number of aliphatic hydroxyl groups is 1. The standard InChI is InChI=1S/C12H15ClFNO2S/c1-18-7-8(5-6-16)15-12(17)9-3-2-4-10(13)11(9)14/h2-4,8,16H,5-7H2,1H3,(H,15,17)/t8-/m1/s1. The number of benzene rings is 1. The summed E-state index contributed by atoms with van der Waals surface area (Å²) in [6.45, 7) is -0.0243. The van der Waals surface area contributed by atoms with E-state index in [-0.39, 0.29) is 23.2 Å². The fraction of sp³-hybridized carbons (Fsp3) is 0.417. The summed E-state index contributed by atoms with van der Waals surface area (Å²) in [7, 11) is 0. The van der Waals surface area contributed by atoms with Crippen LogP contribution in [-0.2, 0) is 0 Å². The van der Waals surface area contributed by atoms with Gasteiger partial charge in [0.15, 0.2) is 5.82 Å². The number of amides is 1. The van der Waals surface area contributed by atoms with Crippen LogP contribution in [0.5, 0.6) is 0 Å². The van der Waals surface area contributed by atoms with Gasteiger partial charge in [0.1, 0.15) is 0 Å². The molecular formula is C12H15ClFNO2S. The van der Waals surface area contributed by atoms with Crippen LogP contribution in [-0.4, -0.2) is 35.7 Å². The van der Waals surface area contributed by atoms with E-state index in [1.54, 1.807) is 11.8 Å². The van der Waals surface area contributed by atoms with Gasteiger partial charge in [0, 0.05) is 18.4 Å². The SMILES string of the molecule is CSC[C@@H](CCO)NC(=O)c1cccc(Cl)c1F. The minimum absolute atomic E-state index is 0.0243. The molecule has 0 radical (unpaired) electrons. The van der Waals surface area contributed by atoms with Gasteiger partial charge in [0.05, 0.1) is 10.6 Å². The first kappa shape index (κ1) is 15.3. The minimum Gasteiger partial charge on any atom is -0.396 e. The number of carbonyl (C=O) groups is 1. The lowest BCUT2D eigenvalue weighted by atomic mass is 10.1. The molecule has 0 fully saturated rings. The normalized spacial score (nSPS) is 12.2. The first-order valence-corrected chi connectivity index (χ1v) is 7.22. The summed E-state index contributed by atoms with van der Waals surface area (Å²) in [5.41, 5.74) is -0.0773. The van der Waals surface area contributed by atoms with Crippen LogP contribution >= 0.6 is 23.4 Å². The van der Waals surface area contributed by atoms with Crippen LogP contribution in [0.15, 0.2) is 18.2 Å². The van der Waals surface area contributed by atoms with Crippen molar-refractivity contribution in [3.05, 3.63) is 34.6 Å². The summed E-state index contributed by atoms with van der Waals surface area (Å²) in [6.07, 6.45) is 2.34. The van der Waals surface area contributed by atoms with Gasteiger partial charge in [0.2, 0.25) is 0 Å². The van der Waals surface area contributed by atoms with Crippen molar-refractivity contribution in [2.24, 2.45) is 0 Å². The summed E-state index contributed by atoms with van der Waals surface area (Å²) in [6, 6.07) is 4.11. The number of carbonyl (C=O) groups excluding carboxylic acids is 1. The minimum atomic E-state index is -0.719. The van der Waals surface area contributed by atoms with Crippen LogP contribution in [0.25, 0.3) is 0 Å². The van der Waals surface area contributed by atoms with Crippen molar-refractivity contribution in [1.29, 1.82) is 0 Å². The molecule has 0 bridgehead atoms. The smallest absolute Gasteiger partial charge is 0.254 e. The average molecular weight is 292 g/mol. The molecule has 0 unspecified atom stereocenters. The van der Waals surface area contributed by atoms with Gasteiger partial charge in [0.25, 0.3) is 5.91 Å². The van der Waals surface area contributed by atoms with Crippen molar-refractivity contribution in [1.82, 2.24) is 5.32 Å². The Balaban J connectivity index is 2.77. The summed E-state index contributed by atoms with van der Waals surface area (Å²) < 4.78 is 13.6. The first-order valence-electron chi connectivity index (χ1n) is 5.44. The van der Waals surface area contributed by atoms with Crippen LogP contribution < -0.4 is 5.32 Å². The van der Waals surface area contributed by atoms with Crippen molar-refractivity contribution < 1.29 is 14.3 Å². The van der Waals surface area contributed by atoms with Gasteiger partial charge in [-0.25, -0.2) is 4.39 Å². The van der Waals surface area contributed by atoms with E-state index in [2.05, 4.69) is 5.32 Å². The van der Waals surface area contributed by atoms with E-state index < -0.39 is 11.7 Å². The summed E-state index contributed by atoms with van der Waals surface area (Å²) in [4.78, 5) is 11.9. The molecule has 0 aliphatic carbocycles. The Morgan fingerprint density at radius 2 is 2.33 bits per heavy atom. The van der Waals surface area contributed by atoms with Crippen molar-refractivity contribution in [3.8, 4) is 0 Å². The summed E-state index contributed by atoms with van der Waals surface area (Å²) in [5.74, 6) is -0.569. The zero-order valence-electron chi connectivity index (χ0n) is 9.95. The predicted octanol–water partition coefficient (Wildman–Crippen LogP) is 2.32. The Hall–Kier alpha value is -0.780. The van der Waals surface area contributed by atoms with Crippen molar-refractivity contribution in [2.45, 2.75) is 12.5 Å². The van der Waals surface area contributed by atoms with Crippen molar-refractivity contribution in [2.75, 3.05) is 18.6 Å². The molecule has 0 spiro atoms. The third kappa shape index (κ3) is 4.15. The Morgan fingerprint density at radius 1 is 1.61 bits per heavy atom. The highest BCUT2D eigenvalue weighted by Crippen LogP contribution is 2.18. The molecule has 3 nitrogen and oxygen atoms in total. The van der Waals surface area contributed by atoms with Gasteiger partial charge in [-0.05, 0) is 24.8 Å². The number of nitrogens with one attached hydrogen (secondary N) is 1. The number of hydrogen-bond acceptors (Lipinski definition) is 3. The Morgan fingerprint density at radius 3 is 2.94 bits per heavy atom. The van der Waals surface area contributed by atoms with Gasteiger partial charge in [-0.2, -0.15) is 11.8 Å². The van der Waals surface area contributed by atoms with Crippen LogP contribution in [0.3, 0.4) is 0 Å². The highest BCUT2D eigenvalue weighted by molar-refractivity contribution is 7.98. The maximum Gasteiger partial charge on any atom is 0.254 e. The van der Waals surface area contributed by atoms with Crippen molar-refractivity contribution in [3.63, 3.8) is 0 Å². The van der Waals surface area contributed by atoms with Gasteiger partial charge in [-0.3, -0.25) is 4.79 Å². The molecule has 18 heavy (non-hydrogen) atoms. The second-order valence-electron chi connectivity index (χ2n) is 3.74. The predicted molar refractivity (Wildman–Crippen MR) is 72.7 cm³/mol. The lowest BCUT2D eigenvalue weighted by Gasteiger charge is -2.17. The van der Waals surface area contributed by atoms with Gasteiger partial charge >= 0.3 is 0 Å². The molecule has 1 amide bonds. The van der Waals surface area contributed by atoms with Gasteiger partial charge in [-0.15, -0.1) is 0 Å². The van der Waals surface area contributed by atoms with Gasteiger partial charge < -0.3 is 10.4 Å². The third-order valence-electron chi connectivity index (χ3n) is 2.38. The lowest BCUT2D eigenvalue weighted by molar-refractivity contribution is 0.0931. The first-order chi connectivity index (χ1) is 8.60. The number of halogens is 2. The Kier molecular flexibility index (Phi) is 6.46. The zero-order valence-corrected chi connectivity index (χ0v) is 11.5. The highest BCUT2D eigenvalue weighted by Gasteiger charge is 2.17. The fourth-order valence-corrected chi connectivity index (χ4v) is 2.32. The second-order valence-corrected chi connectivity index (χ2v) is 5.06. The van der Waals surface area contributed by atoms with E-state index in [1.807, 2.05) is 6.26 Å². The molecule has 1 atom stereocenters. The number of aliphatic hydroxyl groups excluding tert-OH is 1. The molecule has 1 rings (SSSR count). The summed E-state index contributed by atoms with van der Waals surface area (Å²) >= 11 is 7.17. The molecule has 0 heterocycles. The molecule has 0 saturated carbocycles. The van der Waals surface area contributed by atoms with E-state index >= 15 is 0 Å². The zero-order chi connectivity index (χ0) is 13.5. The molecular weight excluding hydrogens is 277 g/mol. The quantitative estimate of drug-likeness (QED) is 0.846. The summed E-state index contributed by atoms with van der Waals surface area (Å²) in [5, 5.41) is 11.5. The monoisotopic (exact) mass is 291 g/mol. The van der Waals surface area contributed by atoms with E-state index in [4.69, 9.17) is 16.7 Å². The van der Waals surface area contributed by atoms with E-state index in [0.717, 1.165) is 0 Å². The lowest BCUT2D eigenvalue weighted by Crippen LogP contribution is -2.37. The maximum atomic E-state index is 13.6. The molecule has 1 aromatic rings. The molecule has 1 aromatic carbocycles. The molecule has 100 valence electrons. The van der Waals surface area contributed by atoms with Crippen LogP contribution in [0.4, 0.5) is 4.39 Å². The van der Waals surface area contributed by atoms with Crippen LogP contribution in [0, 0.1) is 5.82 Å². The van der Waals surface area contributed by atoms with Crippen LogP contribution in [0.1, 0.15) is 16.8 Å². The van der Waals surface area contributed by atoms with Crippen LogP contribution in [0.2, 0.25) is 5.02 Å². The Labute approximate surface area is 115 Å². The van der Waals surface area contributed by atoms with Gasteiger partial charge in [-0.1, -0.05) is 17.7 Å². The third-order valence-corrected chi connectivity index (χ3v) is 3.40.